The molecule has 220 valence electrons. The molecule has 0 fully saturated rings. The molecule has 0 saturated heterocycles. The molecule has 3 aromatic rings. The number of unbranched alkanes of at least 4 members (excludes halogenated alkanes) is 11. The number of para-hydroxylation sites is 1. The summed E-state index contributed by atoms with van der Waals surface area (Å²) < 4.78 is 22.6. The van der Waals surface area contributed by atoms with Crippen LogP contribution in [0, 0.1) is 5.82 Å². The molecular weight excluding hydrogens is 543 g/mol. The number of thiazole rings is 1. The van der Waals surface area contributed by atoms with Crippen molar-refractivity contribution in [3.8, 4) is 16.3 Å². The molecule has 1 N–H and O–H groups in total. The quantitative estimate of drug-likeness (QED) is 0.135. The summed E-state index contributed by atoms with van der Waals surface area (Å²) in [5.74, 6) is -0.405. The van der Waals surface area contributed by atoms with E-state index >= 15 is 0 Å². The monoisotopic (exact) mass is 588 g/mol. The van der Waals surface area contributed by atoms with Crippen LogP contribution in [-0.4, -0.2) is 12.5 Å². The van der Waals surface area contributed by atoms with Gasteiger partial charge in [-0.15, -0.1) is 0 Å². The van der Waals surface area contributed by atoms with E-state index in [1.807, 2.05) is 24.3 Å². The zero-order chi connectivity index (χ0) is 27.7. The Morgan fingerprint density at radius 1 is 0.900 bits per heavy atom. The van der Waals surface area contributed by atoms with Gasteiger partial charge >= 0.3 is 0 Å². The lowest BCUT2D eigenvalue weighted by molar-refractivity contribution is -0.678. The van der Waals surface area contributed by atoms with E-state index in [-0.39, 0.29) is 30.5 Å². The molecule has 4 nitrogen and oxygen atoms in total. The molecule has 1 aromatic heterocycles. The van der Waals surface area contributed by atoms with Gasteiger partial charge in [0.1, 0.15) is 6.54 Å². The van der Waals surface area contributed by atoms with Crippen molar-refractivity contribution >= 4 is 22.9 Å². The number of halogens is 2. The molecule has 0 radical (unpaired) electrons. The molecule has 2 aromatic carbocycles. The molecule has 3 rings (SSSR count). The topological polar surface area (TPSA) is 42.2 Å². The maximum absolute atomic E-state index is 14.6. The molecule has 0 aliphatic carbocycles. The SMILES string of the molecule is CCCCCCCCCCCCCCOc1c(F)cccc1CC(=O)Nc1cccc(-c2scc[n+]2CC)c1.[Cl-]. The van der Waals surface area contributed by atoms with Crippen LogP contribution in [0.1, 0.15) is 96.5 Å². The lowest BCUT2D eigenvalue weighted by atomic mass is 10.1. The third-order valence-corrected chi connectivity index (χ3v) is 8.01. The van der Waals surface area contributed by atoms with Crippen LogP contribution in [0.15, 0.2) is 54.0 Å². The van der Waals surface area contributed by atoms with Crippen molar-refractivity contribution in [1.29, 1.82) is 0 Å². The molecule has 0 aliphatic rings. The fourth-order valence-corrected chi connectivity index (χ4v) is 5.79. The van der Waals surface area contributed by atoms with Crippen LogP contribution in [-0.2, 0) is 17.8 Å². The number of hydrogen-bond acceptors (Lipinski definition) is 3. The van der Waals surface area contributed by atoms with Gasteiger partial charge in [-0.2, -0.15) is 4.57 Å². The first-order valence-corrected chi connectivity index (χ1v) is 15.8. The van der Waals surface area contributed by atoms with Gasteiger partial charge in [0, 0.05) is 11.3 Å². The highest BCUT2D eigenvalue weighted by Crippen LogP contribution is 2.26. The molecule has 0 atom stereocenters. The summed E-state index contributed by atoms with van der Waals surface area (Å²) in [6.45, 7) is 5.72. The number of carbonyl (C=O) groups is 1. The fraction of sp³-hybridized carbons (Fsp3) is 0.515. The highest BCUT2D eigenvalue weighted by atomic mass is 35.5. The molecule has 0 spiro atoms. The Morgan fingerprint density at radius 2 is 1.55 bits per heavy atom. The average molecular weight is 589 g/mol. The first-order chi connectivity index (χ1) is 19.1. The number of amides is 1. The van der Waals surface area contributed by atoms with Crippen LogP contribution in [0.3, 0.4) is 0 Å². The van der Waals surface area contributed by atoms with E-state index in [4.69, 9.17) is 4.74 Å². The molecule has 40 heavy (non-hydrogen) atoms. The van der Waals surface area contributed by atoms with Crippen LogP contribution in [0.4, 0.5) is 10.1 Å². The van der Waals surface area contributed by atoms with Crippen LogP contribution < -0.4 is 27.0 Å². The van der Waals surface area contributed by atoms with E-state index in [0.29, 0.717) is 12.2 Å². The van der Waals surface area contributed by atoms with Crippen molar-refractivity contribution in [3.63, 3.8) is 0 Å². The maximum atomic E-state index is 14.6. The molecular formula is C33H46ClFN2O2S. The molecule has 0 saturated carbocycles. The fourth-order valence-electron chi connectivity index (χ4n) is 4.87. The second kappa shape index (κ2) is 19.6. The number of anilines is 1. The van der Waals surface area contributed by atoms with Gasteiger partial charge < -0.3 is 22.5 Å². The van der Waals surface area contributed by atoms with Crippen molar-refractivity contribution in [2.45, 2.75) is 104 Å². The number of nitrogens with one attached hydrogen (secondary N) is 1. The Kier molecular flexibility index (Phi) is 16.5. The van der Waals surface area contributed by atoms with E-state index in [1.54, 1.807) is 23.5 Å². The van der Waals surface area contributed by atoms with Crippen molar-refractivity contribution in [2.24, 2.45) is 0 Å². The summed E-state index contributed by atoms with van der Waals surface area (Å²) in [5, 5.41) is 6.18. The van der Waals surface area contributed by atoms with Gasteiger partial charge in [-0.05, 0) is 37.6 Å². The Hall–Kier alpha value is -2.44. The number of rotatable bonds is 19. The van der Waals surface area contributed by atoms with Gasteiger partial charge in [0.25, 0.3) is 5.01 Å². The predicted molar refractivity (Wildman–Crippen MR) is 161 cm³/mol. The van der Waals surface area contributed by atoms with Crippen molar-refractivity contribution < 1.29 is 30.9 Å². The van der Waals surface area contributed by atoms with Gasteiger partial charge in [-0.3, -0.25) is 4.79 Å². The number of hydrogen-bond donors (Lipinski definition) is 1. The van der Waals surface area contributed by atoms with Gasteiger partial charge in [0.15, 0.2) is 17.8 Å². The minimum absolute atomic E-state index is 0. The van der Waals surface area contributed by atoms with E-state index < -0.39 is 5.82 Å². The molecule has 0 bridgehead atoms. The number of aromatic nitrogens is 1. The highest BCUT2D eigenvalue weighted by Gasteiger charge is 2.16. The van der Waals surface area contributed by atoms with Gasteiger partial charge in [0.05, 0.1) is 24.0 Å². The lowest BCUT2D eigenvalue weighted by Gasteiger charge is -2.13. The minimum atomic E-state index is -0.414. The summed E-state index contributed by atoms with van der Waals surface area (Å²) in [5.41, 5.74) is 2.36. The van der Waals surface area contributed by atoms with E-state index in [9.17, 15) is 9.18 Å². The standard InChI is InChI=1S/C33H45FN2O2S.ClH/c1-3-5-6-7-8-9-10-11-12-13-14-15-23-38-32-27(18-17-21-30(32)34)26-31(37)35-29-20-16-19-28(25-29)33-36(4-2)22-24-39-33;/h16-22,24-25H,3-15,23,26H2,1-2H3;1H. The smallest absolute Gasteiger partial charge is 0.269 e. The van der Waals surface area contributed by atoms with Crippen molar-refractivity contribution in [2.75, 3.05) is 11.9 Å². The van der Waals surface area contributed by atoms with Gasteiger partial charge in [0.2, 0.25) is 5.91 Å². The summed E-state index contributed by atoms with van der Waals surface area (Å²) in [6, 6.07) is 12.6. The first kappa shape index (κ1) is 33.8. The summed E-state index contributed by atoms with van der Waals surface area (Å²) in [4.78, 5) is 12.9. The third kappa shape index (κ3) is 11.6. The second-order valence-electron chi connectivity index (χ2n) is 10.3. The van der Waals surface area contributed by atoms with Crippen molar-refractivity contribution in [3.05, 3.63) is 65.4 Å². The number of benzene rings is 2. The third-order valence-electron chi connectivity index (χ3n) is 7.06. The van der Waals surface area contributed by atoms with Crippen LogP contribution in [0.5, 0.6) is 5.75 Å². The van der Waals surface area contributed by atoms with E-state index in [1.165, 1.54) is 70.3 Å². The molecule has 0 aliphatic heterocycles. The number of aryl methyl sites for hydroxylation is 1. The Labute approximate surface area is 250 Å². The summed E-state index contributed by atoms with van der Waals surface area (Å²) >= 11 is 1.67. The lowest BCUT2D eigenvalue weighted by Crippen LogP contribution is -3.00. The second-order valence-corrected chi connectivity index (χ2v) is 11.2. The predicted octanol–water partition coefficient (Wildman–Crippen LogP) is 6.13. The largest absolute Gasteiger partial charge is 1.00 e. The normalized spacial score (nSPS) is 10.8. The Bertz CT molecular complexity index is 1140. The average Bonchev–Trinajstić information content (AvgIpc) is 3.42. The number of carbonyl (C=O) groups excluding carboxylic acids is 1. The summed E-state index contributed by atoms with van der Waals surface area (Å²) in [6.07, 6.45) is 17.3. The van der Waals surface area contributed by atoms with Crippen LogP contribution in [0.25, 0.3) is 10.6 Å². The Balaban J connectivity index is 0.00000560. The van der Waals surface area contributed by atoms with Crippen LogP contribution >= 0.6 is 11.3 Å². The van der Waals surface area contributed by atoms with Gasteiger partial charge in [-0.1, -0.05) is 107 Å². The van der Waals surface area contributed by atoms with E-state index in [2.05, 4.69) is 35.3 Å². The first-order valence-electron chi connectivity index (χ1n) is 14.9. The zero-order valence-electron chi connectivity index (χ0n) is 24.2. The molecule has 1 amide bonds. The zero-order valence-corrected chi connectivity index (χ0v) is 25.8. The number of nitrogens with zero attached hydrogens (tertiary/aromatic N) is 1. The number of ether oxygens (including phenoxy) is 1. The van der Waals surface area contributed by atoms with E-state index in [0.717, 1.165) is 35.6 Å². The minimum Gasteiger partial charge on any atom is -1.00 e. The van der Waals surface area contributed by atoms with Crippen LogP contribution in [0.2, 0.25) is 0 Å². The molecule has 0 unspecified atom stereocenters. The van der Waals surface area contributed by atoms with Crippen molar-refractivity contribution in [1.82, 2.24) is 0 Å². The summed E-state index contributed by atoms with van der Waals surface area (Å²) in [7, 11) is 0. The van der Waals surface area contributed by atoms with Gasteiger partial charge in [-0.25, -0.2) is 4.39 Å². The Morgan fingerprint density at radius 3 is 2.23 bits per heavy atom. The molecule has 7 heteroatoms. The molecule has 1 heterocycles. The highest BCUT2D eigenvalue weighted by molar-refractivity contribution is 7.12. The maximum Gasteiger partial charge on any atom is 0.269 e.